The normalized spacial score (nSPS) is 19.3. The Morgan fingerprint density at radius 2 is 2.18 bits per heavy atom. The van der Waals surface area contributed by atoms with E-state index >= 15 is 0 Å². The lowest BCUT2D eigenvalue weighted by atomic mass is 9.99. The van der Waals surface area contributed by atoms with E-state index in [0.717, 1.165) is 74.1 Å². The second-order valence-corrected chi connectivity index (χ2v) is 7.89. The molecule has 0 bridgehead atoms. The number of nitrogens with one attached hydrogen (secondary N) is 1. The van der Waals surface area contributed by atoms with Crippen molar-refractivity contribution in [1.82, 2.24) is 14.9 Å². The molecule has 150 valence electrons. The minimum absolute atomic E-state index is 0.310. The van der Waals surface area contributed by atoms with Gasteiger partial charge in [0, 0.05) is 31.7 Å². The van der Waals surface area contributed by atoms with Crippen LogP contribution < -0.4 is 10.1 Å². The van der Waals surface area contributed by atoms with Crippen LogP contribution in [0.15, 0.2) is 24.3 Å². The van der Waals surface area contributed by atoms with Gasteiger partial charge in [-0.25, -0.2) is 9.97 Å². The number of nitrogens with zero attached hydrogens (tertiary/aromatic N) is 3. The number of ether oxygens (including phenoxy) is 1. The summed E-state index contributed by atoms with van der Waals surface area (Å²) < 4.78 is 5.97. The summed E-state index contributed by atoms with van der Waals surface area (Å²) in [7, 11) is 0. The molecule has 6 nitrogen and oxygen atoms in total. The largest absolute Gasteiger partial charge is 0.487 e. The van der Waals surface area contributed by atoms with Gasteiger partial charge in [0.05, 0.1) is 5.69 Å². The first-order valence-electron chi connectivity index (χ1n) is 10.4. The summed E-state index contributed by atoms with van der Waals surface area (Å²) in [5.41, 5.74) is 3.31. The van der Waals surface area contributed by atoms with Crippen LogP contribution in [0.3, 0.4) is 0 Å². The molecule has 2 aliphatic rings. The number of hydrogen-bond acceptors (Lipinski definition) is 6. The molecule has 1 aromatic carbocycles. The average Bonchev–Trinajstić information content (AvgIpc) is 2.91. The molecule has 0 saturated carbocycles. The van der Waals surface area contributed by atoms with Gasteiger partial charge in [-0.3, -0.25) is 0 Å². The standard InChI is InChI=1S/C22H30N4O2/c1-16-24-20-15-28-21-8-3-2-7-18(21)12-19(20)22(25-16)23-9-5-11-26-10-4-6-17(13-26)14-27/h2-3,7-8,17,27H,4-6,9-15H2,1H3,(H,23,24,25)/t17-/m0/s1. The molecule has 0 radical (unpaired) electrons. The van der Waals surface area contributed by atoms with Crippen LogP contribution in [0, 0.1) is 12.8 Å². The number of fused-ring (bicyclic) bond motifs is 2. The number of anilines is 1. The molecule has 2 N–H and O–H groups in total. The second kappa shape index (κ2) is 8.88. The number of aliphatic hydroxyl groups is 1. The molecule has 1 aromatic heterocycles. The topological polar surface area (TPSA) is 70.5 Å². The lowest BCUT2D eigenvalue weighted by Crippen LogP contribution is -2.37. The number of likely N-dealkylation sites (tertiary alicyclic amines) is 1. The number of para-hydroxylation sites is 1. The van der Waals surface area contributed by atoms with E-state index < -0.39 is 0 Å². The maximum Gasteiger partial charge on any atom is 0.133 e. The summed E-state index contributed by atoms with van der Waals surface area (Å²) >= 11 is 0. The average molecular weight is 383 g/mol. The Morgan fingerprint density at radius 1 is 1.29 bits per heavy atom. The van der Waals surface area contributed by atoms with E-state index in [1.807, 2.05) is 25.1 Å². The van der Waals surface area contributed by atoms with Gasteiger partial charge >= 0.3 is 0 Å². The van der Waals surface area contributed by atoms with Crippen LogP contribution in [0.2, 0.25) is 0 Å². The molecule has 3 heterocycles. The fourth-order valence-corrected chi connectivity index (χ4v) is 4.25. The van der Waals surface area contributed by atoms with E-state index in [1.54, 1.807) is 0 Å². The zero-order chi connectivity index (χ0) is 19.3. The van der Waals surface area contributed by atoms with E-state index in [2.05, 4.69) is 26.3 Å². The van der Waals surface area contributed by atoms with Gasteiger partial charge < -0.3 is 20.1 Å². The van der Waals surface area contributed by atoms with Gasteiger partial charge in [0.25, 0.3) is 0 Å². The lowest BCUT2D eigenvalue weighted by molar-refractivity contribution is 0.120. The minimum Gasteiger partial charge on any atom is -0.487 e. The van der Waals surface area contributed by atoms with Gasteiger partial charge in [0.15, 0.2) is 0 Å². The molecule has 0 amide bonds. The number of benzene rings is 1. The van der Waals surface area contributed by atoms with Crippen molar-refractivity contribution < 1.29 is 9.84 Å². The quantitative estimate of drug-likeness (QED) is 0.749. The van der Waals surface area contributed by atoms with Gasteiger partial charge in [-0.05, 0) is 56.8 Å². The van der Waals surface area contributed by atoms with Gasteiger partial charge in [-0.2, -0.15) is 0 Å². The molecule has 4 rings (SSSR count). The highest BCUT2D eigenvalue weighted by molar-refractivity contribution is 5.52. The summed E-state index contributed by atoms with van der Waals surface area (Å²) in [5.74, 6) is 3.10. The molecule has 0 unspecified atom stereocenters. The Kier molecular flexibility index (Phi) is 6.07. The molecular weight excluding hydrogens is 352 g/mol. The van der Waals surface area contributed by atoms with Crippen molar-refractivity contribution in [2.45, 2.75) is 39.2 Å². The van der Waals surface area contributed by atoms with E-state index in [4.69, 9.17) is 4.74 Å². The number of aliphatic hydroxyl groups excluding tert-OH is 1. The van der Waals surface area contributed by atoms with Crippen molar-refractivity contribution in [2.75, 3.05) is 38.1 Å². The first kappa shape index (κ1) is 19.2. The van der Waals surface area contributed by atoms with Crippen LogP contribution in [0.4, 0.5) is 5.82 Å². The van der Waals surface area contributed by atoms with Crippen molar-refractivity contribution >= 4 is 5.82 Å². The monoisotopic (exact) mass is 382 g/mol. The lowest BCUT2D eigenvalue weighted by Gasteiger charge is -2.31. The molecule has 6 heteroatoms. The first-order chi connectivity index (χ1) is 13.7. The van der Waals surface area contributed by atoms with Crippen LogP contribution in [0.1, 0.15) is 41.9 Å². The molecular formula is C22H30N4O2. The zero-order valence-corrected chi connectivity index (χ0v) is 16.7. The van der Waals surface area contributed by atoms with Crippen molar-refractivity contribution in [1.29, 1.82) is 0 Å². The van der Waals surface area contributed by atoms with Crippen molar-refractivity contribution in [3.8, 4) is 5.75 Å². The third-order valence-electron chi connectivity index (χ3n) is 5.71. The molecule has 2 aliphatic heterocycles. The maximum atomic E-state index is 9.40. The number of hydrogen-bond donors (Lipinski definition) is 2. The smallest absolute Gasteiger partial charge is 0.133 e. The zero-order valence-electron chi connectivity index (χ0n) is 16.7. The number of rotatable bonds is 6. The van der Waals surface area contributed by atoms with Crippen LogP contribution in [0.25, 0.3) is 0 Å². The van der Waals surface area contributed by atoms with E-state index in [9.17, 15) is 5.11 Å². The Morgan fingerprint density at radius 3 is 3.07 bits per heavy atom. The molecule has 1 saturated heterocycles. The summed E-state index contributed by atoms with van der Waals surface area (Å²) in [6.07, 6.45) is 4.19. The summed E-state index contributed by atoms with van der Waals surface area (Å²) in [4.78, 5) is 11.8. The molecule has 28 heavy (non-hydrogen) atoms. The van der Waals surface area contributed by atoms with Crippen LogP contribution >= 0.6 is 0 Å². The number of piperidine rings is 1. The van der Waals surface area contributed by atoms with Crippen molar-refractivity contribution in [3.05, 3.63) is 46.9 Å². The van der Waals surface area contributed by atoms with Gasteiger partial charge in [0.2, 0.25) is 0 Å². The third kappa shape index (κ3) is 4.45. The third-order valence-corrected chi connectivity index (χ3v) is 5.71. The highest BCUT2D eigenvalue weighted by atomic mass is 16.5. The number of aromatic nitrogens is 2. The van der Waals surface area contributed by atoms with E-state index in [1.165, 1.54) is 12.0 Å². The predicted molar refractivity (Wildman–Crippen MR) is 110 cm³/mol. The van der Waals surface area contributed by atoms with Crippen LogP contribution in [-0.2, 0) is 13.0 Å². The Labute approximate surface area is 167 Å². The summed E-state index contributed by atoms with van der Waals surface area (Å²) in [6.45, 7) is 6.84. The molecule has 1 fully saturated rings. The SMILES string of the molecule is Cc1nc2c(c(NCCCN3CCC[C@H](CO)C3)n1)Cc1ccccc1OC2. The van der Waals surface area contributed by atoms with E-state index in [0.29, 0.717) is 19.1 Å². The molecule has 0 spiro atoms. The van der Waals surface area contributed by atoms with Gasteiger partial charge in [-0.15, -0.1) is 0 Å². The Hall–Kier alpha value is -2.18. The fraction of sp³-hybridized carbons (Fsp3) is 0.545. The van der Waals surface area contributed by atoms with Gasteiger partial charge in [-0.1, -0.05) is 18.2 Å². The minimum atomic E-state index is 0.310. The highest BCUT2D eigenvalue weighted by Gasteiger charge is 2.21. The Bertz CT molecular complexity index is 811. The predicted octanol–water partition coefficient (Wildman–Crippen LogP) is 2.77. The first-order valence-corrected chi connectivity index (χ1v) is 10.4. The van der Waals surface area contributed by atoms with Crippen molar-refractivity contribution in [3.63, 3.8) is 0 Å². The fourth-order valence-electron chi connectivity index (χ4n) is 4.25. The highest BCUT2D eigenvalue weighted by Crippen LogP contribution is 2.30. The van der Waals surface area contributed by atoms with Crippen molar-refractivity contribution in [2.24, 2.45) is 5.92 Å². The molecule has 2 aromatic rings. The van der Waals surface area contributed by atoms with Crippen LogP contribution in [0.5, 0.6) is 5.75 Å². The van der Waals surface area contributed by atoms with Crippen LogP contribution in [-0.4, -0.2) is 52.8 Å². The Balaban J connectivity index is 1.39. The second-order valence-electron chi connectivity index (χ2n) is 7.89. The van der Waals surface area contributed by atoms with E-state index in [-0.39, 0.29) is 0 Å². The summed E-state index contributed by atoms with van der Waals surface area (Å²) in [6, 6.07) is 8.19. The molecule has 0 aliphatic carbocycles. The molecule has 1 atom stereocenters. The maximum absolute atomic E-state index is 9.40. The van der Waals surface area contributed by atoms with Gasteiger partial charge in [0.1, 0.15) is 24.0 Å². The summed E-state index contributed by atoms with van der Waals surface area (Å²) in [5, 5.41) is 13.0. The number of aryl methyl sites for hydroxylation is 1.